The second kappa shape index (κ2) is 7.65. The van der Waals surface area contributed by atoms with Gasteiger partial charge in [0.2, 0.25) is 0 Å². The van der Waals surface area contributed by atoms with Gasteiger partial charge in [-0.05, 0) is 63.2 Å². The molecule has 2 fully saturated rings. The maximum Gasteiger partial charge on any atom is 0.337 e. The van der Waals surface area contributed by atoms with Crippen molar-refractivity contribution in [1.29, 1.82) is 0 Å². The molecule has 0 heterocycles. The number of ether oxygens (including phenoxy) is 1. The SMILES string of the molecule is CC1=CC=C(COC2CCC(C3CCC(C)CC3)CC2)C(F)(F)C1(F)F. The molecule has 3 rings (SSSR count). The van der Waals surface area contributed by atoms with E-state index >= 15 is 0 Å². The van der Waals surface area contributed by atoms with Crippen molar-refractivity contribution in [3.63, 3.8) is 0 Å². The molecule has 2 saturated carbocycles. The summed E-state index contributed by atoms with van der Waals surface area (Å²) in [7, 11) is 0. The fourth-order valence-electron chi connectivity index (χ4n) is 4.71. The van der Waals surface area contributed by atoms with Gasteiger partial charge >= 0.3 is 11.8 Å². The van der Waals surface area contributed by atoms with Crippen molar-refractivity contribution >= 4 is 0 Å². The van der Waals surface area contributed by atoms with Gasteiger partial charge in [0, 0.05) is 11.1 Å². The Morgan fingerprint density at radius 3 is 1.96 bits per heavy atom. The molecule has 0 radical (unpaired) electrons. The monoisotopic (exact) mass is 374 g/mol. The number of halogens is 4. The number of alkyl halides is 4. The maximum absolute atomic E-state index is 14.0. The van der Waals surface area contributed by atoms with E-state index < -0.39 is 29.6 Å². The van der Waals surface area contributed by atoms with Crippen LogP contribution in [-0.2, 0) is 4.74 Å². The first kappa shape index (κ1) is 19.9. The van der Waals surface area contributed by atoms with Crippen LogP contribution >= 0.6 is 0 Å². The molecule has 3 aliphatic rings. The first-order valence-corrected chi connectivity index (χ1v) is 9.97. The lowest BCUT2D eigenvalue weighted by Gasteiger charge is -2.37. The highest BCUT2D eigenvalue weighted by Crippen LogP contribution is 2.47. The Morgan fingerprint density at radius 2 is 1.38 bits per heavy atom. The van der Waals surface area contributed by atoms with Crippen LogP contribution in [0.2, 0.25) is 0 Å². The molecule has 0 unspecified atom stereocenters. The van der Waals surface area contributed by atoms with Crippen molar-refractivity contribution in [3.05, 3.63) is 23.3 Å². The molecule has 0 amide bonds. The molecule has 0 N–H and O–H groups in total. The normalized spacial score (nSPS) is 37.0. The Balaban J connectivity index is 1.48. The molecule has 3 aliphatic carbocycles. The lowest BCUT2D eigenvalue weighted by Crippen LogP contribution is -2.46. The van der Waals surface area contributed by atoms with Crippen molar-refractivity contribution < 1.29 is 22.3 Å². The van der Waals surface area contributed by atoms with Crippen LogP contribution in [0.15, 0.2) is 23.3 Å². The predicted octanol–water partition coefficient (Wildman–Crippen LogP) is 6.55. The third-order valence-electron chi connectivity index (χ3n) is 6.75. The fraction of sp³-hybridized carbons (Fsp3) is 0.810. The Bertz CT molecular complexity index is 550. The summed E-state index contributed by atoms with van der Waals surface area (Å²) in [5.74, 6) is -5.94. The van der Waals surface area contributed by atoms with E-state index in [4.69, 9.17) is 4.74 Å². The summed E-state index contributed by atoms with van der Waals surface area (Å²) in [5, 5.41) is 0. The van der Waals surface area contributed by atoms with Gasteiger partial charge in [-0.15, -0.1) is 0 Å². The Labute approximate surface area is 153 Å². The fourth-order valence-corrected chi connectivity index (χ4v) is 4.71. The van der Waals surface area contributed by atoms with E-state index in [0.717, 1.165) is 56.6 Å². The zero-order chi connectivity index (χ0) is 18.9. The predicted molar refractivity (Wildman–Crippen MR) is 94.6 cm³/mol. The summed E-state index contributed by atoms with van der Waals surface area (Å²) in [5.41, 5.74) is -1.22. The van der Waals surface area contributed by atoms with Gasteiger partial charge in [-0.1, -0.05) is 31.9 Å². The quantitative estimate of drug-likeness (QED) is 0.507. The molecule has 5 heteroatoms. The van der Waals surface area contributed by atoms with Gasteiger partial charge in [0.15, 0.2) is 0 Å². The van der Waals surface area contributed by atoms with E-state index in [1.807, 2.05) is 0 Å². The lowest BCUT2D eigenvalue weighted by molar-refractivity contribution is -0.168. The van der Waals surface area contributed by atoms with Crippen LogP contribution < -0.4 is 0 Å². The van der Waals surface area contributed by atoms with E-state index in [-0.39, 0.29) is 6.10 Å². The summed E-state index contributed by atoms with van der Waals surface area (Å²) in [4.78, 5) is 0. The van der Waals surface area contributed by atoms with Gasteiger partial charge in [-0.3, -0.25) is 0 Å². The molecule has 0 aromatic heterocycles. The third-order valence-corrected chi connectivity index (χ3v) is 6.75. The van der Waals surface area contributed by atoms with E-state index in [0.29, 0.717) is 5.92 Å². The molecule has 0 spiro atoms. The molecule has 0 aliphatic heterocycles. The highest BCUT2D eigenvalue weighted by atomic mass is 19.3. The number of hydrogen-bond donors (Lipinski definition) is 0. The third kappa shape index (κ3) is 3.88. The summed E-state index contributed by atoms with van der Waals surface area (Å²) >= 11 is 0. The molecule has 0 saturated heterocycles. The number of allylic oxidation sites excluding steroid dienone is 3. The first-order chi connectivity index (χ1) is 12.2. The van der Waals surface area contributed by atoms with Crippen LogP contribution in [0.1, 0.15) is 65.2 Å². The molecule has 0 aromatic carbocycles. The average Bonchev–Trinajstić information content (AvgIpc) is 2.61. The maximum atomic E-state index is 14.0. The Hall–Kier alpha value is -0.840. The van der Waals surface area contributed by atoms with Crippen LogP contribution in [-0.4, -0.2) is 24.6 Å². The standard InChI is InChI=1S/C21H30F4O/c1-14-3-6-16(7-4-14)17-8-11-19(12-9-17)26-13-18-10-5-15(2)20(22,23)21(18,24)25/h5,10,14,16-17,19H,3-4,6-9,11-13H2,1-2H3. The minimum absolute atomic E-state index is 0.0916. The van der Waals surface area contributed by atoms with E-state index in [1.54, 1.807) is 0 Å². The second-order valence-corrected chi connectivity index (χ2v) is 8.56. The van der Waals surface area contributed by atoms with Crippen molar-refractivity contribution in [2.75, 3.05) is 6.61 Å². The molecule has 0 atom stereocenters. The van der Waals surface area contributed by atoms with Gasteiger partial charge in [0.1, 0.15) is 0 Å². The van der Waals surface area contributed by atoms with Crippen molar-refractivity contribution in [3.8, 4) is 0 Å². The first-order valence-electron chi connectivity index (χ1n) is 9.97. The minimum Gasteiger partial charge on any atom is -0.374 e. The highest BCUT2D eigenvalue weighted by Gasteiger charge is 2.60. The van der Waals surface area contributed by atoms with Gasteiger partial charge in [0.25, 0.3) is 0 Å². The number of rotatable bonds is 4. The van der Waals surface area contributed by atoms with Crippen LogP contribution in [0.4, 0.5) is 17.6 Å². The number of hydrogen-bond acceptors (Lipinski definition) is 1. The summed E-state index contributed by atoms with van der Waals surface area (Å²) in [6.45, 7) is 2.94. The van der Waals surface area contributed by atoms with E-state index in [2.05, 4.69) is 6.92 Å². The van der Waals surface area contributed by atoms with E-state index in [9.17, 15) is 17.6 Å². The minimum atomic E-state index is -4.16. The summed E-state index contributed by atoms with van der Waals surface area (Å²) in [6, 6.07) is 0. The van der Waals surface area contributed by atoms with Crippen molar-refractivity contribution in [2.24, 2.45) is 17.8 Å². The smallest absolute Gasteiger partial charge is 0.337 e. The molecule has 26 heavy (non-hydrogen) atoms. The molecular weight excluding hydrogens is 344 g/mol. The molecule has 0 bridgehead atoms. The van der Waals surface area contributed by atoms with Gasteiger partial charge in [0.05, 0.1) is 12.7 Å². The zero-order valence-electron chi connectivity index (χ0n) is 15.7. The average molecular weight is 374 g/mol. The van der Waals surface area contributed by atoms with Crippen LogP contribution in [0.25, 0.3) is 0 Å². The van der Waals surface area contributed by atoms with Crippen LogP contribution in [0.5, 0.6) is 0 Å². The van der Waals surface area contributed by atoms with E-state index in [1.165, 1.54) is 25.7 Å². The van der Waals surface area contributed by atoms with Gasteiger partial charge in [-0.2, -0.15) is 17.6 Å². The molecule has 148 valence electrons. The van der Waals surface area contributed by atoms with Gasteiger partial charge in [-0.25, -0.2) is 0 Å². The van der Waals surface area contributed by atoms with Crippen LogP contribution in [0.3, 0.4) is 0 Å². The largest absolute Gasteiger partial charge is 0.374 e. The highest BCUT2D eigenvalue weighted by molar-refractivity contribution is 5.37. The Morgan fingerprint density at radius 1 is 0.846 bits per heavy atom. The lowest BCUT2D eigenvalue weighted by atomic mass is 9.71. The van der Waals surface area contributed by atoms with Crippen molar-refractivity contribution in [1.82, 2.24) is 0 Å². The molecule has 0 aromatic rings. The summed E-state index contributed by atoms with van der Waals surface area (Å²) in [6.07, 6.45) is 11.1. The molecule has 1 nitrogen and oxygen atoms in total. The molecular formula is C21H30F4O. The Kier molecular flexibility index (Phi) is 5.86. The topological polar surface area (TPSA) is 9.23 Å². The van der Waals surface area contributed by atoms with Crippen LogP contribution in [0, 0.1) is 17.8 Å². The summed E-state index contributed by atoms with van der Waals surface area (Å²) < 4.78 is 61.2. The van der Waals surface area contributed by atoms with Crippen molar-refractivity contribution in [2.45, 2.75) is 83.2 Å². The second-order valence-electron chi connectivity index (χ2n) is 8.56. The van der Waals surface area contributed by atoms with Gasteiger partial charge < -0.3 is 4.74 Å². The zero-order valence-corrected chi connectivity index (χ0v) is 15.7.